The molecule has 0 radical (unpaired) electrons. The molecule has 0 aromatic rings. The summed E-state index contributed by atoms with van der Waals surface area (Å²) in [7, 11) is 0. The van der Waals surface area contributed by atoms with E-state index < -0.39 is 96.8 Å². The van der Waals surface area contributed by atoms with Gasteiger partial charge in [-0.15, -0.1) is 0 Å². The first-order chi connectivity index (χ1) is 25.5. The third-order valence-corrected chi connectivity index (χ3v) is 17.1. The minimum atomic E-state index is -1.55. The highest BCUT2D eigenvalue weighted by atomic mass is 16.7. The van der Waals surface area contributed by atoms with Crippen LogP contribution in [0.3, 0.4) is 0 Å². The van der Waals surface area contributed by atoms with E-state index in [1.165, 1.54) is 0 Å². The van der Waals surface area contributed by atoms with E-state index in [1.54, 1.807) is 0 Å². The van der Waals surface area contributed by atoms with Crippen molar-refractivity contribution in [3.05, 3.63) is 0 Å². The fourth-order valence-corrected chi connectivity index (χ4v) is 14.2. The molecule has 21 atom stereocenters. The number of rotatable bonds is 7. The van der Waals surface area contributed by atoms with Gasteiger partial charge in [0.05, 0.1) is 48.8 Å². The van der Waals surface area contributed by atoms with Gasteiger partial charge in [-0.25, -0.2) is 0 Å². The van der Waals surface area contributed by atoms with Crippen LogP contribution in [-0.4, -0.2) is 150 Å². The van der Waals surface area contributed by atoms with E-state index in [1.807, 2.05) is 13.8 Å². The largest absolute Gasteiger partial charge is 0.394 e. The van der Waals surface area contributed by atoms with Gasteiger partial charge in [0.1, 0.15) is 42.7 Å². The number of aliphatic hydroxyl groups is 9. The van der Waals surface area contributed by atoms with Gasteiger partial charge >= 0.3 is 0 Å². The van der Waals surface area contributed by atoms with Crippen LogP contribution < -0.4 is 0 Å². The lowest BCUT2D eigenvalue weighted by molar-refractivity contribution is -0.334. The van der Waals surface area contributed by atoms with E-state index >= 15 is 0 Å². The molecule has 0 amide bonds. The van der Waals surface area contributed by atoms with E-state index in [4.69, 9.17) is 23.7 Å². The van der Waals surface area contributed by atoms with Crippen LogP contribution in [0, 0.1) is 45.3 Å². The number of aliphatic hydroxyl groups excluding tert-OH is 9. The molecule has 7 aliphatic rings. The first kappa shape index (κ1) is 42.6. The second kappa shape index (κ2) is 14.3. The summed E-state index contributed by atoms with van der Waals surface area (Å²) in [4.78, 5) is 0. The van der Waals surface area contributed by atoms with Crippen LogP contribution in [0.25, 0.3) is 0 Å². The van der Waals surface area contributed by atoms with Gasteiger partial charge in [-0.2, -0.15) is 0 Å². The standard InChI is InChI=1S/C41H70O14/c1-36(2)25(53-34-30(49)27(46)23(45)18-51-34)10-12-38(5)19-9-13-39(6)33(22(44)16-40(39,7)20(19)15-21(43)32(36)38)41(8)14-11-26(54-41)37(3,4)55-35-31(50)29(48)28(47)24(17-42)52-35/h19-35,42-50H,9-18H2,1-8H3/t19-,20+,21-,22+,23-,24+,25-,26-,27-,28+,29-,30+,31+,32-,33-,34+,35-,38+,39+,40-,41+/m1/s1. The Labute approximate surface area is 325 Å². The number of ether oxygens (including phenoxy) is 5. The first-order valence-corrected chi connectivity index (χ1v) is 20.8. The quantitative estimate of drug-likeness (QED) is 0.164. The Bertz CT molecular complexity index is 1400. The van der Waals surface area contributed by atoms with E-state index in [0.29, 0.717) is 38.0 Å². The molecule has 0 bridgehead atoms. The van der Waals surface area contributed by atoms with Crippen LogP contribution in [0.5, 0.6) is 0 Å². The van der Waals surface area contributed by atoms with E-state index in [-0.39, 0.29) is 46.7 Å². The van der Waals surface area contributed by atoms with Crippen LogP contribution in [0.2, 0.25) is 0 Å². The molecule has 7 fully saturated rings. The Kier molecular flexibility index (Phi) is 11.1. The molecule has 0 aromatic heterocycles. The average Bonchev–Trinajstić information content (AvgIpc) is 3.60. The minimum Gasteiger partial charge on any atom is -0.394 e. The van der Waals surface area contributed by atoms with Crippen molar-refractivity contribution in [1.29, 1.82) is 0 Å². The maximum absolute atomic E-state index is 12.3. The van der Waals surface area contributed by atoms with Gasteiger partial charge in [0, 0.05) is 5.92 Å². The topological polar surface area (TPSA) is 228 Å². The highest BCUT2D eigenvalue weighted by molar-refractivity contribution is 5.22. The second-order valence-corrected chi connectivity index (χ2v) is 20.7. The highest BCUT2D eigenvalue weighted by Crippen LogP contribution is 2.75. The SMILES string of the molecule is CC(C)(O[C@H]1O[C@@H](CO)[C@H](O)[C@@H](O)[C@@H]1O)[C@H]1CC[C@@](C)([C@@H]2[C@@H](O)C[C@]3(C)[C@H]4C[C@@H](O)[C@@H]5C(C)(C)[C@H](O[C@@H]6OC[C@@H](O)[C@@H](O)[C@@H]6O)CC[C@@]5(C)[C@@H]4CC[C@@]23C)O1. The summed E-state index contributed by atoms with van der Waals surface area (Å²) in [6.45, 7) is 16.3. The Morgan fingerprint density at radius 2 is 1.35 bits per heavy atom. The molecule has 7 rings (SSSR count). The Morgan fingerprint density at radius 1 is 0.673 bits per heavy atom. The molecule has 0 spiro atoms. The van der Waals surface area contributed by atoms with E-state index in [9.17, 15) is 46.0 Å². The lowest BCUT2D eigenvalue weighted by Gasteiger charge is -2.69. The molecular formula is C41H70O14. The van der Waals surface area contributed by atoms with Gasteiger partial charge in [-0.05, 0) is 112 Å². The molecule has 9 N–H and O–H groups in total. The van der Waals surface area contributed by atoms with Crippen LogP contribution >= 0.6 is 0 Å². The zero-order chi connectivity index (χ0) is 40.4. The number of fused-ring (bicyclic) bond motifs is 5. The maximum Gasteiger partial charge on any atom is 0.187 e. The van der Waals surface area contributed by atoms with Crippen molar-refractivity contribution in [2.45, 2.75) is 198 Å². The predicted octanol–water partition coefficient (Wildman–Crippen LogP) is 0.970. The smallest absolute Gasteiger partial charge is 0.187 e. The van der Waals surface area contributed by atoms with Gasteiger partial charge in [-0.1, -0.05) is 34.6 Å². The van der Waals surface area contributed by atoms with E-state index in [0.717, 1.165) is 19.3 Å². The van der Waals surface area contributed by atoms with Crippen molar-refractivity contribution in [2.24, 2.45) is 45.3 Å². The number of hydrogen-bond acceptors (Lipinski definition) is 14. The van der Waals surface area contributed by atoms with Crippen molar-refractivity contribution in [3.63, 3.8) is 0 Å². The lowest BCUT2D eigenvalue weighted by atomic mass is 9.37. The minimum absolute atomic E-state index is 0.103. The Morgan fingerprint density at radius 3 is 2.02 bits per heavy atom. The predicted molar refractivity (Wildman–Crippen MR) is 196 cm³/mol. The van der Waals surface area contributed by atoms with Crippen molar-refractivity contribution in [3.8, 4) is 0 Å². The molecule has 0 unspecified atom stereocenters. The monoisotopic (exact) mass is 786 g/mol. The molecule has 0 aromatic carbocycles. The summed E-state index contributed by atoms with van der Waals surface area (Å²) < 4.78 is 31.0. The molecule has 3 heterocycles. The Hall–Kier alpha value is -0.560. The molecular weight excluding hydrogens is 716 g/mol. The summed E-state index contributed by atoms with van der Waals surface area (Å²) in [5.41, 5.74) is -3.01. The van der Waals surface area contributed by atoms with E-state index in [2.05, 4.69) is 41.5 Å². The lowest BCUT2D eigenvalue weighted by Crippen LogP contribution is -2.66. The van der Waals surface area contributed by atoms with Crippen LogP contribution in [-0.2, 0) is 23.7 Å². The average molecular weight is 787 g/mol. The molecule has 318 valence electrons. The summed E-state index contributed by atoms with van der Waals surface area (Å²) in [5.74, 6) is 0.156. The summed E-state index contributed by atoms with van der Waals surface area (Å²) in [5, 5.41) is 96.4. The third kappa shape index (κ3) is 6.42. The molecule has 3 saturated heterocycles. The van der Waals surface area contributed by atoms with Gasteiger partial charge in [0.2, 0.25) is 0 Å². The van der Waals surface area contributed by atoms with Crippen molar-refractivity contribution in [1.82, 2.24) is 0 Å². The molecule has 3 aliphatic heterocycles. The van der Waals surface area contributed by atoms with Gasteiger partial charge in [0.15, 0.2) is 12.6 Å². The molecule has 55 heavy (non-hydrogen) atoms. The maximum atomic E-state index is 12.3. The normalized spacial score (nSPS) is 56.8. The Balaban J connectivity index is 1.08. The second-order valence-electron chi connectivity index (χ2n) is 20.7. The molecule has 14 heteroatoms. The number of hydrogen-bond donors (Lipinski definition) is 9. The van der Waals surface area contributed by atoms with Gasteiger partial charge < -0.3 is 69.6 Å². The van der Waals surface area contributed by atoms with Crippen LogP contribution in [0.15, 0.2) is 0 Å². The summed E-state index contributed by atoms with van der Waals surface area (Å²) >= 11 is 0. The van der Waals surface area contributed by atoms with Gasteiger partial charge in [0.25, 0.3) is 0 Å². The molecule has 4 saturated carbocycles. The van der Waals surface area contributed by atoms with Crippen molar-refractivity contribution in [2.75, 3.05) is 13.2 Å². The fourth-order valence-electron chi connectivity index (χ4n) is 14.2. The summed E-state index contributed by atoms with van der Waals surface area (Å²) in [6, 6.07) is 0. The van der Waals surface area contributed by atoms with Crippen molar-refractivity contribution >= 4 is 0 Å². The summed E-state index contributed by atoms with van der Waals surface area (Å²) in [6.07, 6.45) is -8.16. The molecule has 4 aliphatic carbocycles. The third-order valence-electron chi connectivity index (χ3n) is 17.1. The zero-order valence-electron chi connectivity index (χ0n) is 34.0. The highest BCUT2D eigenvalue weighted by Gasteiger charge is 2.73. The van der Waals surface area contributed by atoms with Crippen molar-refractivity contribution < 1.29 is 69.6 Å². The zero-order valence-corrected chi connectivity index (χ0v) is 34.0. The first-order valence-electron chi connectivity index (χ1n) is 20.8. The molecule has 14 nitrogen and oxygen atoms in total. The van der Waals surface area contributed by atoms with Crippen LogP contribution in [0.4, 0.5) is 0 Å². The van der Waals surface area contributed by atoms with Crippen LogP contribution in [0.1, 0.15) is 107 Å². The fraction of sp³-hybridized carbons (Fsp3) is 1.00. The van der Waals surface area contributed by atoms with Gasteiger partial charge in [-0.3, -0.25) is 0 Å².